The van der Waals surface area contributed by atoms with Crippen LogP contribution in [0, 0.1) is 6.92 Å². The van der Waals surface area contributed by atoms with Gasteiger partial charge in [-0.2, -0.15) is 0 Å². The Hall–Kier alpha value is -2.37. The van der Waals surface area contributed by atoms with E-state index in [2.05, 4.69) is 15.4 Å². The van der Waals surface area contributed by atoms with Gasteiger partial charge in [-0.25, -0.2) is 4.79 Å². The third-order valence-corrected chi connectivity index (χ3v) is 2.85. The summed E-state index contributed by atoms with van der Waals surface area (Å²) >= 11 is 0. The van der Waals surface area contributed by atoms with Gasteiger partial charge in [-0.1, -0.05) is 29.8 Å². The molecule has 0 radical (unpaired) electrons. The number of rotatable bonds is 7. The van der Waals surface area contributed by atoms with Gasteiger partial charge >= 0.3 is 6.09 Å². The van der Waals surface area contributed by atoms with Crippen LogP contribution in [0.2, 0.25) is 0 Å². The van der Waals surface area contributed by atoms with Crippen molar-refractivity contribution in [3.05, 3.63) is 35.4 Å². The van der Waals surface area contributed by atoms with E-state index in [1.807, 2.05) is 19.1 Å². The molecule has 0 atom stereocenters. The van der Waals surface area contributed by atoms with Crippen molar-refractivity contribution in [2.24, 2.45) is 0 Å². The monoisotopic (exact) mass is 292 g/mol. The largest absolute Gasteiger partial charge is 0.453 e. The second-order valence-electron chi connectivity index (χ2n) is 4.56. The molecule has 21 heavy (non-hydrogen) atoms. The first-order valence-electron chi connectivity index (χ1n) is 6.71. The van der Waals surface area contributed by atoms with Crippen molar-refractivity contribution in [2.75, 3.05) is 20.2 Å². The fraction of sp³-hybridized carbons (Fsp3) is 0.400. The minimum absolute atomic E-state index is 0.0576. The van der Waals surface area contributed by atoms with E-state index in [-0.39, 0.29) is 31.1 Å². The van der Waals surface area contributed by atoms with Gasteiger partial charge in [0.25, 0.3) is 0 Å². The van der Waals surface area contributed by atoms with Crippen molar-refractivity contribution in [3.63, 3.8) is 0 Å². The van der Waals surface area contributed by atoms with Crippen LogP contribution in [-0.4, -0.2) is 38.0 Å². The Balaban J connectivity index is 2.22. The lowest BCUT2D eigenvalue weighted by Gasteiger charge is -2.06. The number of ether oxygens (including phenoxy) is 1. The van der Waals surface area contributed by atoms with Crippen molar-refractivity contribution in [3.8, 4) is 0 Å². The van der Waals surface area contributed by atoms with Gasteiger partial charge in [0, 0.05) is 31.5 Å². The van der Waals surface area contributed by atoms with Gasteiger partial charge in [0.05, 0.1) is 7.11 Å². The highest BCUT2D eigenvalue weighted by Crippen LogP contribution is 2.07. The van der Waals surface area contributed by atoms with Gasteiger partial charge in [-0.05, 0) is 6.92 Å². The number of nitrogens with one attached hydrogen (secondary N) is 2. The second kappa shape index (κ2) is 8.73. The summed E-state index contributed by atoms with van der Waals surface area (Å²) < 4.78 is 4.39. The molecule has 2 N–H and O–H groups in total. The molecule has 0 aromatic heterocycles. The maximum Gasteiger partial charge on any atom is 0.406 e. The van der Waals surface area contributed by atoms with Crippen LogP contribution in [0.25, 0.3) is 0 Å². The summed E-state index contributed by atoms with van der Waals surface area (Å²) in [6.07, 6.45) is -0.247. The summed E-state index contributed by atoms with van der Waals surface area (Å²) in [6.45, 7) is 2.53. The highest BCUT2D eigenvalue weighted by molar-refractivity contribution is 5.97. The number of carbonyl (C=O) groups excluding carboxylic acids is 3. The second-order valence-corrected chi connectivity index (χ2v) is 4.56. The third-order valence-electron chi connectivity index (χ3n) is 2.85. The average Bonchev–Trinajstić information content (AvgIpc) is 2.49. The van der Waals surface area contributed by atoms with Crippen LogP contribution in [-0.2, 0) is 9.53 Å². The maximum absolute atomic E-state index is 11.9. The molecule has 0 aliphatic heterocycles. The molecule has 0 saturated carbocycles. The average molecular weight is 292 g/mol. The molecule has 0 heterocycles. The number of ketones is 1. The van der Waals surface area contributed by atoms with Crippen LogP contribution in [0.4, 0.5) is 4.79 Å². The standard InChI is InChI=1S/C15H20N2O4/c1-11-3-5-12(6-4-11)13(18)7-8-14(19)16-9-10-17-15(20)21-2/h3-6H,7-10H2,1-2H3,(H,16,19)(H,17,20). The van der Waals surface area contributed by atoms with Crippen LogP contribution in [0.15, 0.2) is 24.3 Å². The first kappa shape index (κ1) is 16.7. The van der Waals surface area contributed by atoms with Gasteiger partial charge in [-0.15, -0.1) is 0 Å². The Morgan fingerprint density at radius 3 is 2.24 bits per heavy atom. The Morgan fingerprint density at radius 1 is 1.00 bits per heavy atom. The normalized spacial score (nSPS) is 9.81. The SMILES string of the molecule is COC(=O)NCCNC(=O)CCC(=O)c1ccc(C)cc1. The summed E-state index contributed by atoms with van der Waals surface area (Å²) in [4.78, 5) is 34.2. The van der Waals surface area contributed by atoms with Gasteiger partial charge < -0.3 is 15.4 Å². The summed E-state index contributed by atoms with van der Waals surface area (Å²) in [5.41, 5.74) is 1.70. The Labute approximate surface area is 123 Å². The Kier molecular flexibility index (Phi) is 6.94. The fourth-order valence-corrected chi connectivity index (χ4v) is 1.64. The van der Waals surface area contributed by atoms with Gasteiger partial charge in [0.1, 0.15) is 0 Å². The van der Waals surface area contributed by atoms with Crippen LogP contribution in [0.1, 0.15) is 28.8 Å². The topological polar surface area (TPSA) is 84.5 Å². The molecular weight excluding hydrogens is 272 g/mol. The molecule has 0 unspecified atom stereocenters. The molecule has 1 rings (SSSR count). The Morgan fingerprint density at radius 2 is 1.62 bits per heavy atom. The number of amides is 2. The molecule has 6 heteroatoms. The lowest BCUT2D eigenvalue weighted by Crippen LogP contribution is -2.34. The molecule has 114 valence electrons. The summed E-state index contributed by atoms with van der Waals surface area (Å²) in [7, 11) is 1.27. The summed E-state index contributed by atoms with van der Waals surface area (Å²) in [5, 5.41) is 5.06. The number of Topliss-reactive ketones (excluding diaryl/α,β-unsaturated/α-hetero) is 1. The van der Waals surface area contributed by atoms with E-state index in [0.717, 1.165) is 5.56 Å². The molecule has 6 nitrogen and oxygen atoms in total. The number of carbonyl (C=O) groups is 3. The zero-order valence-corrected chi connectivity index (χ0v) is 12.3. The first-order chi connectivity index (χ1) is 10.0. The molecule has 0 aliphatic carbocycles. The van der Waals surface area contributed by atoms with Crippen molar-refractivity contribution >= 4 is 17.8 Å². The number of hydrogen-bond donors (Lipinski definition) is 2. The van der Waals surface area contributed by atoms with Crippen LogP contribution >= 0.6 is 0 Å². The van der Waals surface area contributed by atoms with E-state index in [1.165, 1.54) is 7.11 Å². The molecule has 0 fully saturated rings. The van der Waals surface area contributed by atoms with Crippen LogP contribution < -0.4 is 10.6 Å². The van der Waals surface area contributed by atoms with E-state index in [1.54, 1.807) is 12.1 Å². The smallest absolute Gasteiger partial charge is 0.406 e. The van der Waals surface area contributed by atoms with Crippen molar-refractivity contribution < 1.29 is 19.1 Å². The van der Waals surface area contributed by atoms with Gasteiger partial charge in [-0.3, -0.25) is 9.59 Å². The number of hydrogen-bond acceptors (Lipinski definition) is 4. The van der Waals surface area contributed by atoms with E-state index in [4.69, 9.17) is 0 Å². The highest BCUT2D eigenvalue weighted by Gasteiger charge is 2.09. The predicted molar refractivity (Wildman–Crippen MR) is 78.2 cm³/mol. The van der Waals surface area contributed by atoms with E-state index >= 15 is 0 Å². The lowest BCUT2D eigenvalue weighted by molar-refractivity contribution is -0.121. The highest BCUT2D eigenvalue weighted by atomic mass is 16.5. The van der Waals surface area contributed by atoms with Crippen molar-refractivity contribution in [2.45, 2.75) is 19.8 Å². The number of benzene rings is 1. The molecule has 0 aliphatic rings. The molecule has 1 aromatic rings. The van der Waals surface area contributed by atoms with Gasteiger partial charge in [0.2, 0.25) is 5.91 Å². The van der Waals surface area contributed by atoms with E-state index < -0.39 is 6.09 Å². The number of aryl methyl sites for hydroxylation is 1. The predicted octanol–water partition coefficient (Wildman–Crippen LogP) is 1.43. The van der Waals surface area contributed by atoms with Gasteiger partial charge in [0.15, 0.2) is 5.78 Å². The fourth-order valence-electron chi connectivity index (χ4n) is 1.64. The van der Waals surface area contributed by atoms with Crippen LogP contribution in [0.5, 0.6) is 0 Å². The quantitative estimate of drug-likeness (QED) is 0.588. The van der Waals surface area contributed by atoms with E-state index in [0.29, 0.717) is 12.1 Å². The molecule has 0 bridgehead atoms. The maximum atomic E-state index is 11.9. The molecular formula is C15H20N2O4. The van der Waals surface area contributed by atoms with Crippen LogP contribution in [0.3, 0.4) is 0 Å². The summed E-state index contributed by atoms with van der Waals surface area (Å²) in [5.74, 6) is -0.278. The molecule has 2 amide bonds. The third kappa shape index (κ3) is 6.56. The zero-order valence-electron chi connectivity index (χ0n) is 12.3. The minimum Gasteiger partial charge on any atom is -0.453 e. The molecule has 1 aromatic carbocycles. The molecule has 0 spiro atoms. The van der Waals surface area contributed by atoms with Crippen molar-refractivity contribution in [1.82, 2.24) is 10.6 Å². The minimum atomic E-state index is -0.543. The lowest BCUT2D eigenvalue weighted by atomic mass is 10.1. The first-order valence-corrected chi connectivity index (χ1v) is 6.71. The zero-order chi connectivity index (χ0) is 15.7. The summed E-state index contributed by atoms with van der Waals surface area (Å²) in [6, 6.07) is 7.25. The van der Waals surface area contributed by atoms with Crippen molar-refractivity contribution in [1.29, 1.82) is 0 Å². The Bertz CT molecular complexity index is 497. The number of alkyl carbamates (subject to hydrolysis) is 1. The molecule has 0 saturated heterocycles. The number of methoxy groups -OCH3 is 1. The van der Waals surface area contributed by atoms with E-state index in [9.17, 15) is 14.4 Å².